The van der Waals surface area contributed by atoms with Gasteiger partial charge in [0.25, 0.3) is 0 Å². The van der Waals surface area contributed by atoms with Gasteiger partial charge in [-0.1, -0.05) is 11.6 Å². The summed E-state index contributed by atoms with van der Waals surface area (Å²) in [5.41, 5.74) is 0.467. The van der Waals surface area contributed by atoms with Crippen molar-refractivity contribution in [2.24, 2.45) is 0 Å². The average molecular weight is 170 g/mol. The lowest BCUT2D eigenvalue weighted by Gasteiger charge is -1.93. The highest BCUT2D eigenvalue weighted by Crippen LogP contribution is 2.17. The van der Waals surface area contributed by atoms with Gasteiger partial charge in [-0.25, -0.2) is 0 Å². The molecule has 0 aliphatic rings. The first-order valence-electron chi connectivity index (χ1n) is 2.62. The zero-order chi connectivity index (χ0) is 7.56. The van der Waals surface area contributed by atoms with Gasteiger partial charge >= 0.3 is 0 Å². The summed E-state index contributed by atoms with van der Waals surface area (Å²) < 4.78 is 0. The predicted octanol–water partition coefficient (Wildman–Crippen LogP) is 2.50. The highest BCUT2D eigenvalue weighted by atomic mass is 35.5. The summed E-state index contributed by atoms with van der Waals surface area (Å²) >= 11 is 9.69. The van der Waals surface area contributed by atoms with Gasteiger partial charge in [-0.05, 0) is 18.2 Å². The lowest BCUT2D eigenvalue weighted by molar-refractivity contribution is 1.41. The van der Waals surface area contributed by atoms with Crippen LogP contribution < -0.4 is 0 Å². The Kier molecular flexibility index (Phi) is 2.21. The Balaban J connectivity index is 3.25. The molecule has 1 rings (SSSR count). The molecule has 3 heteroatoms. The Labute approximate surface area is 69.6 Å². The van der Waals surface area contributed by atoms with Crippen molar-refractivity contribution in [3.8, 4) is 6.07 Å². The van der Waals surface area contributed by atoms with E-state index in [0.29, 0.717) is 10.6 Å². The first kappa shape index (κ1) is 7.46. The number of nitrogens with zero attached hydrogens (tertiary/aromatic N) is 1. The summed E-state index contributed by atoms with van der Waals surface area (Å²) in [6.45, 7) is 0. The van der Waals surface area contributed by atoms with Crippen LogP contribution in [-0.2, 0) is 0 Å². The number of thiol groups is 1. The Morgan fingerprint density at radius 2 is 2.20 bits per heavy atom. The lowest BCUT2D eigenvalue weighted by Crippen LogP contribution is -1.75. The van der Waals surface area contributed by atoms with E-state index in [1.54, 1.807) is 18.2 Å². The van der Waals surface area contributed by atoms with Crippen LogP contribution in [0.2, 0.25) is 5.02 Å². The summed E-state index contributed by atoms with van der Waals surface area (Å²) in [7, 11) is 0. The second-order valence-corrected chi connectivity index (χ2v) is 2.70. The summed E-state index contributed by atoms with van der Waals surface area (Å²) in [6.07, 6.45) is 0. The molecule has 1 aromatic rings. The number of benzene rings is 1. The summed E-state index contributed by atoms with van der Waals surface area (Å²) in [4.78, 5) is 0.751. The molecule has 0 radical (unpaired) electrons. The summed E-state index contributed by atoms with van der Waals surface area (Å²) in [6, 6.07) is 6.98. The van der Waals surface area contributed by atoms with E-state index in [9.17, 15) is 0 Å². The molecule has 0 bridgehead atoms. The number of halogens is 1. The van der Waals surface area contributed by atoms with Gasteiger partial charge in [-0.2, -0.15) is 5.26 Å². The van der Waals surface area contributed by atoms with Crippen LogP contribution in [0.3, 0.4) is 0 Å². The minimum Gasteiger partial charge on any atom is -0.192 e. The van der Waals surface area contributed by atoms with Crippen molar-refractivity contribution in [2.45, 2.75) is 4.90 Å². The van der Waals surface area contributed by atoms with E-state index >= 15 is 0 Å². The van der Waals surface area contributed by atoms with Gasteiger partial charge < -0.3 is 0 Å². The van der Waals surface area contributed by atoms with Crippen LogP contribution in [0.15, 0.2) is 23.1 Å². The molecule has 50 valence electrons. The average Bonchev–Trinajstić information content (AvgIpc) is 1.94. The lowest BCUT2D eigenvalue weighted by atomic mass is 10.2. The standard InChI is InChI=1S/C7H4ClNS/c8-7-2-1-6(10)3-5(7)4-9/h1-3,10H. The van der Waals surface area contributed by atoms with Crippen molar-refractivity contribution in [3.05, 3.63) is 28.8 Å². The van der Waals surface area contributed by atoms with Crippen LogP contribution in [0, 0.1) is 11.3 Å². The van der Waals surface area contributed by atoms with Gasteiger partial charge in [0.1, 0.15) is 6.07 Å². The molecule has 0 spiro atoms. The maximum Gasteiger partial charge on any atom is 0.101 e. The van der Waals surface area contributed by atoms with Crippen molar-refractivity contribution in [3.63, 3.8) is 0 Å². The second-order valence-electron chi connectivity index (χ2n) is 1.78. The molecule has 0 aromatic heterocycles. The molecule has 1 aromatic carbocycles. The topological polar surface area (TPSA) is 23.8 Å². The van der Waals surface area contributed by atoms with Crippen LogP contribution in [0.4, 0.5) is 0 Å². The molecule has 0 saturated carbocycles. The van der Waals surface area contributed by atoms with Crippen molar-refractivity contribution in [1.29, 1.82) is 5.26 Å². The Morgan fingerprint density at radius 3 is 2.70 bits per heavy atom. The molecule has 0 heterocycles. The molecule has 0 saturated heterocycles. The summed E-state index contributed by atoms with van der Waals surface area (Å²) in [5, 5.41) is 8.95. The third-order valence-electron chi connectivity index (χ3n) is 1.07. The first-order chi connectivity index (χ1) is 4.74. The van der Waals surface area contributed by atoms with Crippen LogP contribution in [0.25, 0.3) is 0 Å². The maximum atomic E-state index is 8.47. The highest BCUT2D eigenvalue weighted by Gasteiger charge is 1.96. The fourth-order valence-electron chi connectivity index (χ4n) is 0.599. The number of hydrogen-bond donors (Lipinski definition) is 1. The fourth-order valence-corrected chi connectivity index (χ4v) is 0.962. The van der Waals surface area contributed by atoms with Gasteiger partial charge in [0.2, 0.25) is 0 Å². The van der Waals surface area contributed by atoms with E-state index in [-0.39, 0.29) is 0 Å². The van der Waals surface area contributed by atoms with Crippen LogP contribution in [0.5, 0.6) is 0 Å². The van der Waals surface area contributed by atoms with E-state index in [1.807, 2.05) is 6.07 Å². The normalized spacial score (nSPS) is 8.90. The van der Waals surface area contributed by atoms with Crippen LogP contribution >= 0.6 is 24.2 Å². The van der Waals surface area contributed by atoms with Gasteiger partial charge in [0.15, 0.2) is 0 Å². The first-order valence-corrected chi connectivity index (χ1v) is 3.45. The Hall–Kier alpha value is -0.650. The summed E-state index contributed by atoms with van der Waals surface area (Å²) in [5.74, 6) is 0. The molecule has 1 nitrogen and oxygen atoms in total. The molecule has 0 N–H and O–H groups in total. The Morgan fingerprint density at radius 1 is 1.50 bits per heavy atom. The van der Waals surface area contributed by atoms with Crippen LogP contribution in [-0.4, -0.2) is 0 Å². The fraction of sp³-hybridized carbons (Fsp3) is 0. The number of rotatable bonds is 0. The molecule has 0 fully saturated rings. The second kappa shape index (κ2) is 2.96. The quantitative estimate of drug-likeness (QED) is 0.593. The SMILES string of the molecule is N#Cc1cc(S)ccc1Cl. The number of hydrogen-bond acceptors (Lipinski definition) is 2. The molecular formula is C7H4ClNS. The third kappa shape index (κ3) is 1.44. The van der Waals surface area contributed by atoms with Crippen molar-refractivity contribution in [1.82, 2.24) is 0 Å². The minimum atomic E-state index is 0.467. The van der Waals surface area contributed by atoms with E-state index in [2.05, 4.69) is 12.6 Å². The monoisotopic (exact) mass is 169 g/mol. The van der Waals surface area contributed by atoms with E-state index in [0.717, 1.165) is 4.90 Å². The Bertz CT molecular complexity index is 290. The van der Waals surface area contributed by atoms with E-state index < -0.39 is 0 Å². The van der Waals surface area contributed by atoms with Gasteiger partial charge in [-0.3, -0.25) is 0 Å². The molecule has 0 aliphatic carbocycles. The van der Waals surface area contributed by atoms with E-state index in [1.165, 1.54) is 0 Å². The number of nitriles is 1. The van der Waals surface area contributed by atoms with Crippen molar-refractivity contribution >= 4 is 24.2 Å². The molecule has 0 amide bonds. The molecule has 10 heavy (non-hydrogen) atoms. The van der Waals surface area contributed by atoms with E-state index in [4.69, 9.17) is 16.9 Å². The largest absolute Gasteiger partial charge is 0.192 e. The predicted molar refractivity (Wildman–Crippen MR) is 43.4 cm³/mol. The van der Waals surface area contributed by atoms with Crippen LogP contribution in [0.1, 0.15) is 5.56 Å². The molecular weight excluding hydrogens is 166 g/mol. The highest BCUT2D eigenvalue weighted by molar-refractivity contribution is 7.80. The molecule has 0 atom stereocenters. The zero-order valence-electron chi connectivity index (χ0n) is 5.00. The van der Waals surface area contributed by atoms with Crippen molar-refractivity contribution < 1.29 is 0 Å². The molecule has 0 aliphatic heterocycles. The van der Waals surface area contributed by atoms with Gasteiger partial charge in [0, 0.05) is 4.90 Å². The van der Waals surface area contributed by atoms with Gasteiger partial charge in [-0.15, -0.1) is 12.6 Å². The maximum absolute atomic E-state index is 8.47. The zero-order valence-corrected chi connectivity index (χ0v) is 6.65. The third-order valence-corrected chi connectivity index (χ3v) is 1.68. The minimum absolute atomic E-state index is 0.467. The smallest absolute Gasteiger partial charge is 0.101 e. The molecule has 0 unspecified atom stereocenters. The van der Waals surface area contributed by atoms with Crippen molar-refractivity contribution in [2.75, 3.05) is 0 Å². The van der Waals surface area contributed by atoms with Gasteiger partial charge in [0.05, 0.1) is 10.6 Å².